The van der Waals surface area contributed by atoms with E-state index in [1.807, 2.05) is 0 Å². The van der Waals surface area contributed by atoms with Crippen molar-refractivity contribution in [3.05, 3.63) is 0 Å². The Labute approximate surface area is 126 Å². The summed E-state index contributed by atoms with van der Waals surface area (Å²) in [6, 6.07) is 0. The van der Waals surface area contributed by atoms with Gasteiger partial charge < -0.3 is 19.9 Å². The Morgan fingerprint density at radius 2 is 1.81 bits per heavy atom. The zero-order chi connectivity index (χ0) is 16.1. The highest BCUT2D eigenvalue weighted by molar-refractivity contribution is 5.74. The third-order valence-electron chi connectivity index (χ3n) is 3.63. The molecule has 1 unspecified atom stereocenters. The van der Waals surface area contributed by atoms with E-state index in [1.165, 1.54) is 7.11 Å². The third kappa shape index (κ3) is 5.91. The predicted molar refractivity (Wildman–Crippen MR) is 77.8 cm³/mol. The van der Waals surface area contributed by atoms with Crippen LogP contribution in [-0.4, -0.2) is 41.5 Å². The molecule has 0 aromatic heterocycles. The number of nitrogens with one attached hydrogen (secondary N) is 1. The topological polar surface area (TPSA) is 84.9 Å². The minimum Gasteiger partial charge on any atom is -0.467 e. The number of carbonyl (C=O) groups is 2. The molecule has 0 saturated heterocycles. The van der Waals surface area contributed by atoms with E-state index in [0.717, 1.165) is 32.1 Å². The number of methoxy groups -OCH3 is 1. The summed E-state index contributed by atoms with van der Waals surface area (Å²) in [4.78, 5) is 23.4. The van der Waals surface area contributed by atoms with Gasteiger partial charge in [-0.15, -0.1) is 0 Å². The molecule has 0 aromatic rings. The van der Waals surface area contributed by atoms with E-state index in [1.54, 1.807) is 20.8 Å². The molecule has 21 heavy (non-hydrogen) atoms. The van der Waals surface area contributed by atoms with Crippen LogP contribution in [0.4, 0.5) is 4.79 Å². The van der Waals surface area contributed by atoms with Crippen LogP contribution in [0, 0.1) is 0 Å². The molecular weight excluding hydrogens is 274 g/mol. The molecule has 6 heteroatoms. The highest BCUT2D eigenvalue weighted by Crippen LogP contribution is 2.32. The van der Waals surface area contributed by atoms with E-state index < -0.39 is 29.3 Å². The highest BCUT2D eigenvalue weighted by atomic mass is 16.6. The Kier molecular flexibility index (Phi) is 6.01. The second kappa shape index (κ2) is 7.11. The SMILES string of the molecule is COC(=O)C(O)CC1(NC(=O)OC(C)(C)C)CCCCC1. The van der Waals surface area contributed by atoms with Gasteiger partial charge in [0.1, 0.15) is 5.60 Å². The Hall–Kier alpha value is -1.30. The van der Waals surface area contributed by atoms with Crippen molar-refractivity contribution in [2.45, 2.75) is 76.5 Å². The monoisotopic (exact) mass is 301 g/mol. The van der Waals surface area contributed by atoms with Crippen LogP contribution < -0.4 is 5.32 Å². The van der Waals surface area contributed by atoms with E-state index >= 15 is 0 Å². The number of alkyl carbamates (subject to hydrolysis) is 1. The van der Waals surface area contributed by atoms with E-state index in [4.69, 9.17) is 4.74 Å². The summed E-state index contributed by atoms with van der Waals surface area (Å²) < 4.78 is 9.84. The van der Waals surface area contributed by atoms with Crippen molar-refractivity contribution >= 4 is 12.1 Å². The largest absolute Gasteiger partial charge is 0.467 e. The summed E-state index contributed by atoms with van der Waals surface area (Å²) in [6.45, 7) is 5.39. The van der Waals surface area contributed by atoms with Crippen molar-refractivity contribution in [2.75, 3.05) is 7.11 Å². The van der Waals surface area contributed by atoms with Gasteiger partial charge in [-0.2, -0.15) is 0 Å². The first kappa shape index (κ1) is 17.8. The molecule has 1 aliphatic rings. The van der Waals surface area contributed by atoms with Crippen molar-refractivity contribution in [3.8, 4) is 0 Å². The lowest BCUT2D eigenvalue weighted by Crippen LogP contribution is -2.53. The van der Waals surface area contributed by atoms with Crippen LogP contribution in [0.25, 0.3) is 0 Å². The molecule has 0 spiro atoms. The van der Waals surface area contributed by atoms with Crippen molar-refractivity contribution < 1.29 is 24.2 Å². The fourth-order valence-electron chi connectivity index (χ4n) is 2.72. The predicted octanol–water partition coefficient (Wildman–Crippen LogP) is 2.14. The third-order valence-corrected chi connectivity index (χ3v) is 3.63. The van der Waals surface area contributed by atoms with Gasteiger partial charge in [0.25, 0.3) is 0 Å². The number of amides is 1. The molecule has 1 amide bonds. The number of ether oxygens (including phenoxy) is 2. The lowest BCUT2D eigenvalue weighted by molar-refractivity contribution is -0.152. The summed E-state index contributed by atoms with van der Waals surface area (Å²) in [7, 11) is 1.24. The molecule has 1 rings (SSSR count). The van der Waals surface area contributed by atoms with Gasteiger partial charge >= 0.3 is 12.1 Å². The van der Waals surface area contributed by atoms with Crippen molar-refractivity contribution in [1.29, 1.82) is 0 Å². The summed E-state index contributed by atoms with van der Waals surface area (Å²) >= 11 is 0. The van der Waals surface area contributed by atoms with Gasteiger partial charge in [0, 0.05) is 12.0 Å². The molecule has 2 N–H and O–H groups in total. The Morgan fingerprint density at radius 3 is 2.29 bits per heavy atom. The van der Waals surface area contributed by atoms with Crippen LogP contribution in [0.3, 0.4) is 0 Å². The Morgan fingerprint density at radius 1 is 1.24 bits per heavy atom. The average molecular weight is 301 g/mol. The summed E-state index contributed by atoms with van der Waals surface area (Å²) in [5.74, 6) is -0.675. The first-order chi connectivity index (χ1) is 9.67. The van der Waals surface area contributed by atoms with Crippen LogP contribution in [0.15, 0.2) is 0 Å². The molecule has 0 heterocycles. The van der Waals surface area contributed by atoms with Gasteiger partial charge in [-0.1, -0.05) is 19.3 Å². The summed E-state index contributed by atoms with van der Waals surface area (Å²) in [5.41, 5.74) is -1.19. The van der Waals surface area contributed by atoms with Gasteiger partial charge in [0.2, 0.25) is 0 Å². The first-order valence-corrected chi connectivity index (χ1v) is 7.44. The smallest absolute Gasteiger partial charge is 0.408 e. The van der Waals surface area contributed by atoms with Crippen molar-refractivity contribution in [2.24, 2.45) is 0 Å². The van der Waals surface area contributed by atoms with Crippen LogP contribution in [0.2, 0.25) is 0 Å². The minimum absolute atomic E-state index is 0.152. The fourth-order valence-corrected chi connectivity index (χ4v) is 2.72. The van der Waals surface area contributed by atoms with Gasteiger partial charge in [-0.05, 0) is 33.6 Å². The van der Waals surface area contributed by atoms with Crippen molar-refractivity contribution in [1.82, 2.24) is 5.32 Å². The Bertz CT molecular complexity index is 369. The zero-order valence-corrected chi connectivity index (χ0v) is 13.4. The lowest BCUT2D eigenvalue weighted by atomic mass is 9.78. The standard InChI is InChI=1S/C15H27NO5/c1-14(2,3)21-13(19)16-15(8-6-5-7-9-15)10-11(17)12(18)20-4/h11,17H,5-10H2,1-4H3,(H,16,19). The van der Waals surface area contributed by atoms with Crippen LogP contribution in [0.5, 0.6) is 0 Å². The molecule has 1 aliphatic carbocycles. The molecule has 6 nitrogen and oxygen atoms in total. The summed E-state index contributed by atoms with van der Waals surface area (Å²) in [5, 5.41) is 12.8. The number of rotatable bonds is 4. The number of hydrogen-bond acceptors (Lipinski definition) is 5. The molecular formula is C15H27NO5. The molecule has 1 fully saturated rings. The highest BCUT2D eigenvalue weighted by Gasteiger charge is 2.38. The molecule has 0 radical (unpaired) electrons. The second-order valence-electron chi connectivity index (χ2n) is 6.71. The van der Waals surface area contributed by atoms with Gasteiger partial charge in [0.05, 0.1) is 7.11 Å². The van der Waals surface area contributed by atoms with Gasteiger partial charge in [-0.25, -0.2) is 9.59 Å². The van der Waals surface area contributed by atoms with E-state index in [2.05, 4.69) is 10.1 Å². The maximum Gasteiger partial charge on any atom is 0.408 e. The number of aliphatic hydroxyl groups excluding tert-OH is 1. The maximum atomic E-state index is 12.0. The van der Waals surface area contributed by atoms with E-state index in [0.29, 0.717) is 0 Å². The normalized spacial score (nSPS) is 19.5. The lowest BCUT2D eigenvalue weighted by Gasteiger charge is -2.39. The number of aliphatic hydroxyl groups is 1. The fraction of sp³-hybridized carbons (Fsp3) is 0.867. The molecule has 1 saturated carbocycles. The van der Waals surface area contributed by atoms with Gasteiger partial charge in [-0.3, -0.25) is 0 Å². The maximum absolute atomic E-state index is 12.0. The van der Waals surface area contributed by atoms with Crippen LogP contribution in [0.1, 0.15) is 59.3 Å². The molecule has 122 valence electrons. The van der Waals surface area contributed by atoms with Crippen LogP contribution >= 0.6 is 0 Å². The number of hydrogen-bond donors (Lipinski definition) is 2. The molecule has 1 atom stereocenters. The number of carbonyl (C=O) groups excluding carboxylic acids is 2. The van der Waals surface area contributed by atoms with Crippen LogP contribution in [-0.2, 0) is 14.3 Å². The van der Waals surface area contributed by atoms with Gasteiger partial charge in [0.15, 0.2) is 6.10 Å². The first-order valence-electron chi connectivity index (χ1n) is 7.44. The zero-order valence-electron chi connectivity index (χ0n) is 13.4. The quantitative estimate of drug-likeness (QED) is 0.777. The number of esters is 1. The second-order valence-corrected chi connectivity index (χ2v) is 6.71. The Balaban J connectivity index is 2.74. The van der Waals surface area contributed by atoms with E-state index in [9.17, 15) is 14.7 Å². The molecule has 0 aliphatic heterocycles. The summed E-state index contributed by atoms with van der Waals surface area (Å²) in [6.07, 6.45) is 2.84. The van der Waals surface area contributed by atoms with E-state index in [-0.39, 0.29) is 6.42 Å². The molecule has 0 bridgehead atoms. The molecule has 0 aromatic carbocycles. The minimum atomic E-state index is -1.23. The average Bonchev–Trinajstić information content (AvgIpc) is 2.35. The van der Waals surface area contributed by atoms with Crippen molar-refractivity contribution in [3.63, 3.8) is 0 Å².